The van der Waals surface area contributed by atoms with Gasteiger partial charge in [-0.2, -0.15) is 0 Å². The van der Waals surface area contributed by atoms with Crippen molar-refractivity contribution in [1.29, 1.82) is 0 Å². The first-order chi connectivity index (χ1) is 14.3. The second-order valence-corrected chi connectivity index (χ2v) is 7.39. The minimum Gasteiger partial charge on any atom is -0.450 e. The highest BCUT2D eigenvalue weighted by Gasteiger charge is 2.27. The van der Waals surface area contributed by atoms with E-state index in [-0.39, 0.29) is 11.9 Å². The number of anilines is 1. The van der Waals surface area contributed by atoms with E-state index >= 15 is 0 Å². The van der Waals surface area contributed by atoms with Gasteiger partial charge in [0.15, 0.2) is 11.4 Å². The minimum atomic E-state index is -0.0484. The largest absolute Gasteiger partial charge is 0.450 e. The average Bonchev–Trinajstić information content (AvgIpc) is 3.17. The van der Waals surface area contributed by atoms with Crippen LogP contribution in [0.1, 0.15) is 29.6 Å². The molecule has 1 atom stereocenters. The first-order valence-electron chi connectivity index (χ1n) is 10.0. The molecule has 0 spiro atoms. The van der Waals surface area contributed by atoms with E-state index in [9.17, 15) is 4.79 Å². The number of hydrogen-bond donors (Lipinski definition) is 1. The van der Waals surface area contributed by atoms with Crippen molar-refractivity contribution in [3.63, 3.8) is 0 Å². The molecule has 1 aliphatic heterocycles. The van der Waals surface area contributed by atoms with E-state index in [1.165, 1.54) is 0 Å². The molecule has 0 saturated carbocycles. The Balaban J connectivity index is 1.43. The number of benzene rings is 2. The number of hydrogen-bond acceptors (Lipinski definition) is 5. The van der Waals surface area contributed by atoms with Crippen LogP contribution in [0.2, 0.25) is 0 Å². The normalized spacial score (nSPS) is 17.0. The molecular weight excluding hydrogens is 364 g/mol. The van der Waals surface area contributed by atoms with E-state index in [0.717, 1.165) is 53.7 Å². The Morgan fingerprint density at radius 1 is 1.07 bits per heavy atom. The minimum absolute atomic E-state index is 0.0484. The molecule has 0 bridgehead atoms. The fraction of sp³-hybridized carbons (Fsp3) is 0.261. The van der Waals surface area contributed by atoms with Gasteiger partial charge in [-0.15, -0.1) is 0 Å². The molecule has 0 radical (unpaired) electrons. The van der Waals surface area contributed by atoms with Crippen LogP contribution in [0.15, 0.2) is 65.3 Å². The lowest BCUT2D eigenvalue weighted by Gasteiger charge is -2.36. The molecule has 2 aromatic heterocycles. The SMILES string of the molecule is O=C(NCC1CCCCN1c1ncnc2c1oc1ccccc12)c1ccccc1. The molecule has 3 heterocycles. The van der Waals surface area contributed by atoms with Gasteiger partial charge < -0.3 is 14.6 Å². The second kappa shape index (κ2) is 7.54. The summed E-state index contributed by atoms with van der Waals surface area (Å²) in [6, 6.07) is 17.4. The predicted octanol–water partition coefficient (Wildman–Crippen LogP) is 4.16. The first-order valence-corrected chi connectivity index (χ1v) is 10.0. The predicted molar refractivity (Wildman–Crippen MR) is 113 cm³/mol. The monoisotopic (exact) mass is 386 g/mol. The number of furan rings is 1. The Labute approximate surface area is 168 Å². The summed E-state index contributed by atoms with van der Waals surface area (Å²) in [4.78, 5) is 23.8. The molecule has 6 heteroatoms. The third-order valence-electron chi connectivity index (χ3n) is 5.57. The van der Waals surface area contributed by atoms with Crippen molar-refractivity contribution >= 4 is 33.8 Å². The highest BCUT2D eigenvalue weighted by Crippen LogP contribution is 2.34. The topological polar surface area (TPSA) is 71.3 Å². The van der Waals surface area contributed by atoms with Crippen LogP contribution in [0.3, 0.4) is 0 Å². The summed E-state index contributed by atoms with van der Waals surface area (Å²) in [5, 5.41) is 4.09. The Morgan fingerprint density at radius 2 is 1.90 bits per heavy atom. The number of carbonyl (C=O) groups excluding carboxylic acids is 1. The average molecular weight is 386 g/mol. The lowest BCUT2D eigenvalue weighted by atomic mass is 10.0. The van der Waals surface area contributed by atoms with E-state index in [1.54, 1.807) is 6.33 Å². The molecule has 1 N–H and O–H groups in total. The number of rotatable bonds is 4. The number of piperidine rings is 1. The lowest BCUT2D eigenvalue weighted by molar-refractivity contribution is 0.0949. The van der Waals surface area contributed by atoms with Crippen LogP contribution >= 0.6 is 0 Å². The van der Waals surface area contributed by atoms with Crippen molar-refractivity contribution in [3.8, 4) is 0 Å². The van der Waals surface area contributed by atoms with E-state index in [1.807, 2.05) is 54.6 Å². The van der Waals surface area contributed by atoms with Crippen LogP contribution in [0.5, 0.6) is 0 Å². The molecule has 1 unspecified atom stereocenters. The number of carbonyl (C=O) groups is 1. The molecule has 1 aliphatic rings. The van der Waals surface area contributed by atoms with E-state index in [4.69, 9.17) is 4.42 Å². The van der Waals surface area contributed by atoms with Crippen LogP contribution in [0, 0.1) is 0 Å². The van der Waals surface area contributed by atoms with E-state index in [0.29, 0.717) is 12.1 Å². The first kappa shape index (κ1) is 17.7. The Morgan fingerprint density at radius 3 is 2.79 bits per heavy atom. The number of nitrogens with one attached hydrogen (secondary N) is 1. The van der Waals surface area contributed by atoms with Crippen molar-refractivity contribution in [2.24, 2.45) is 0 Å². The molecular formula is C23H22N4O2. The molecule has 0 aliphatic carbocycles. The molecule has 5 rings (SSSR count). The molecule has 2 aromatic carbocycles. The summed E-state index contributed by atoms with van der Waals surface area (Å²) >= 11 is 0. The maximum absolute atomic E-state index is 12.5. The summed E-state index contributed by atoms with van der Waals surface area (Å²) in [5.41, 5.74) is 3.05. The number of amides is 1. The fourth-order valence-corrected chi connectivity index (χ4v) is 4.11. The van der Waals surface area contributed by atoms with Crippen LogP contribution in [0.25, 0.3) is 22.1 Å². The van der Waals surface area contributed by atoms with Gasteiger partial charge in [-0.1, -0.05) is 30.3 Å². The van der Waals surface area contributed by atoms with E-state index in [2.05, 4.69) is 20.2 Å². The van der Waals surface area contributed by atoms with Crippen LogP contribution < -0.4 is 10.2 Å². The van der Waals surface area contributed by atoms with Crippen molar-refractivity contribution < 1.29 is 9.21 Å². The molecule has 29 heavy (non-hydrogen) atoms. The third kappa shape index (κ3) is 3.31. The second-order valence-electron chi connectivity index (χ2n) is 7.39. The number of para-hydroxylation sites is 1. The summed E-state index contributed by atoms with van der Waals surface area (Å²) < 4.78 is 6.13. The number of aromatic nitrogens is 2. The molecule has 1 fully saturated rings. The summed E-state index contributed by atoms with van der Waals surface area (Å²) in [6.07, 6.45) is 4.83. The van der Waals surface area contributed by atoms with Gasteiger partial charge in [-0.25, -0.2) is 9.97 Å². The summed E-state index contributed by atoms with van der Waals surface area (Å²) in [7, 11) is 0. The van der Waals surface area contributed by atoms with Gasteiger partial charge in [0.05, 0.1) is 0 Å². The quantitative estimate of drug-likeness (QED) is 0.570. The fourth-order valence-electron chi connectivity index (χ4n) is 4.11. The molecule has 6 nitrogen and oxygen atoms in total. The van der Waals surface area contributed by atoms with Crippen LogP contribution in [-0.4, -0.2) is 35.0 Å². The van der Waals surface area contributed by atoms with Crippen molar-refractivity contribution in [3.05, 3.63) is 66.5 Å². The highest BCUT2D eigenvalue weighted by molar-refractivity contribution is 6.05. The van der Waals surface area contributed by atoms with Crippen molar-refractivity contribution in [2.45, 2.75) is 25.3 Å². The number of nitrogens with zero attached hydrogens (tertiary/aromatic N) is 3. The Hall–Kier alpha value is -3.41. The smallest absolute Gasteiger partial charge is 0.251 e. The zero-order valence-corrected chi connectivity index (χ0v) is 16.0. The lowest BCUT2D eigenvalue weighted by Crippen LogP contribution is -2.47. The maximum Gasteiger partial charge on any atom is 0.251 e. The van der Waals surface area contributed by atoms with Gasteiger partial charge in [-0.3, -0.25) is 4.79 Å². The van der Waals surface area contributed by atoms with Crippen LogP contribution in [-0.2, 0) is 0 Å². The standard InChI is InChI=1S/C23H22N4O2/c28-23(16-8-2-1-3-9-16)24-14-17-10-6-7-13-27(17)22-21-20(25-15-26-22)18-11-4-5-12-19(18)29-21/h1-5,8-9,11-12,15,17H,6-7,10,13-14H2,(H,24,28). The van der Waals surface area contributed by atoms with Gasteiger partial charge in [0, 0.05) is 30.1 Å². The van der Waals surface area contributed by atoms with E-state index < -0.39 is 0 Å². The summed E-state index contributed by atoms with van der Waals surface area (Å²) in [5.74, 6) is 0.762. The van der Waals surface area contributed by atoms with Gasteiger partial charge in [-0.05, 0) is 43.5 Å². The zero-order chi connectivity index (χ0) is 19.6. The Bertz CT molecular complexity index is 1160. The van der Waals surface area contributed by atoms with Crippen LogP contribution in [0.4, 0.5) is 5.82 Å². The number of fused-ring (bicyclic) bond motifs is 3. The van der Waals surface area contributed by atoms with Gasteiger partial charge in [0.25, 0.3) is 5.91 Å². The summed E-state index contributed by atoms with van der Waals surface area (Å²) in [6.45, 7) is 1.45. The van der Waals surface area contributed by atoms with Gasteiger partial charge in [0.2, 0.25) is 0 Å². The molecule has 146 valence electrons. The van der Waals surface area contributed by atoms with Crippen molar-refractivity contribution in [1.82, 2.24) is 15.3 Å². The molecule has 1 saturated heterocycles. The maximum atomic E-state index is 12.5. The van der Waals surface area contributed by atoms with Gasteiger partial charge in [0.1, 0.15) is 17.4 Å². The van der Waals surface area contributed by atoms with Gasteiger partial charge >= 0.3 is 0 Å². The molecule has 1 amide bonds. The van der Waals surface area contributed by atoms with Crippen molar-refractivity contribution in [2.75, 3.05) is 18.0 Å². The third-order valence-corrected chi connectivity index (χ3v) is 5.57. The Kier molecular flexibility index (Phi) is 4.60. The zero-order valence-electron chi connectivity index (χ0n) is 16.0. The highest BCUT2D eigenvalue weighted by atomic mass is 16.3. The molecule has 4 aromatic rings.